The predicted octanol–water partition coefficient (Wildman–Crippen LogP) is 33.0. The lowest BCUT2D eigenvalue weighted by Crippen LogP contribution is -2.47. The van der Waals surface area contributed by atoms with E-state index in [0.717, 1.165) is 50.4 Å². The third kappa shape index (κ3) is 109. The van der Waals surface area contributed by atoms with E-state index in [-0.39, 0.29) is 51.4 Å². The lowest BCUT2D eigenvalue weighted by Gasteiger charge is -2.32. The highest BCUT2D eigenvalue weighted by molar-refractivity contribution is 4.87. The van der Waals surface area contributed by atoms with E-state index in [4.69, 9.17) is 0 Å². The van der Waals surface area contributed by atoms with Gasteiger partial charge >= 0.3 is 24.7 Å². The molecule has 0 nitrogen and oxygen atoms in total. The van der Waals surface area contributed by atoms with Crippen LogP contribution in [-0.4, -0.2) is 56.8 Å². The van der Waals surface area contributed by atoms with Gasteiger partial charge in [0.2, 0.25) is 18.8 Å². The van der Waals surface area contributed by atoms with Gasteiger partial charge in [-0.05, 0) is 92.3 Å². The molecule has 0 aromatic carbocycles. The highest BCUT2D eigenvalue weighted by Crippen LogP contribution is 2.52. The quantitative estimate of drug-likeness (QED) is 0.101. The van der Waals surface area contributed by atoms with E-state index in [2.05, 4.69) is 125 Å². The minimum absolute atomic E-state index is 0.0509. The van der Waals surface area contributed by atoms with Crippen molar-refractivity contribution in [3.05, 3.63) is 0 Å². The maximum Gasteiger partial charge on any atom is 0.402 e. The molecule has 0 saturated heterocycles. The van der Waals surface area contributed by atoms with Crippen LogP contribution >= 0.6 is 0 Å². The monoisotopic (exact) mass is 1420 g/mol. The molecular formula is C74H154F20. The molecule has 6 unspecified atom stereocenters. The zero-order chi connectivity index (χ0) is 79.1. The van der Waals surface area contributed by atoms with Gasteiger partial charge in [-0.2, -0.15) is 52.7 Å². The Labute approximate surface area is 569 Å². The second kappa shape index (κ2) is 71.4. The summed E-state index contributed by atoms with van der Waals surface area (Å²) in [6.07, 6.45) is -8.39. The third-order valence-electron chi connectivity index (χ3n) is 14.5. The molecule has 0 heterocycles. The summed E-state index contributed by atoms with van der Waals surface area (Å²) in [6.45, 7) is 63.6. The topological polar surface area (TPSA) is 0 Å². The lowest BCUT2D eigenvalue weighted by molar-refractivity contribution is -0.335. The first-order chi connectivity index (χ1) is 41.9. The zero-order valence-corrected chi connectivity index (χ0v) is 66.6. The van der Waals surface area contributed by atoms with Crippen LogP contribution in [0.2, 0.25) is 0 Å². The molecule has 0 saturated carbocycles. The highest BCUT2D eigenvalue weighted by atomic mass is 19.4. The van der Waals surface area contributed by atoms with Gasteiger partial charge in [0.25, 0.3) is 0 Å². The minimum atomic E-state index is -5.24. The number of alkyl halides is 20. The summed E-state index contributed by atoms with van der Waals surface area (Å²) in [5, 5.41) is 0. The molecule has 94 heavy (non-hydrogen) atoms. The van der Waals surface area contributed by atoms with Crippen LogP contribution in [0.3, 0.4) is 0 Å². The normalized spacial score (nSPS) is 13.5. The van der Waals surface area contributed by atoms with Crippen LogP contribution in [0.15, 0.2) is 0 Å². The number of hydrogen-bond donors (Lipinski definition) is 0. The molecule has 6 atom stereocenters. The van der Waals surface area contributed by atoms with Gasteiger partial charge < -0.3 is 0 Å². The van der Waals surface area contributed by atoms with E-state index in [1.165, 1.54) is 86.5 Å². The predicted molar refractivity (Wildman–Crippen MR) is 371 cm³/mol. The van der Waals surface area contributed by atoms with Crippen molar-refractivity contribution >= 4 is 0 Å². The zero-order valence-electron chi connectivity index (χ0n) is 66.6. The molecule has 0 amide bonds. The van der Waals surface area contributed by atoms with Crippen molar-refractivity contribution in [3.63, 3.8) is 0 Å². The fraction of sp³-hybridized carbons (Fsp3) is 1.00. The first kappa shape index (κ1) is 123. The first-order valence-electron chi connectivity index (χ1n) is 35.3. The van der Waals surface area contributed by atoms with Gasteiger partial charge in [-0.1, -0.05) is 293 Å². The molecule has 0 aliphatic rings. The third-order valence-corrected chi connectivity index (χ3v) is 14.5. The molecule has 0 spiro atoms. The van der Waals surface area contributed by atoms with Crippen molar-refractivity contribution in [1.29, 1.82) is 0 Å². The Morgan fingerprint density at radius 2 is 0.606 bits per heavy atom. The Morgan fingerprint density at radius 3 is 0.638 bits per heavy atom. The van der Waals surface area contributed by atoms with Gasteiger partial charge in [-0.15, -0.1) is 0 Å². The van der Waals surface area contributed by atoms with E-state index in [1.54, 1.807) is 27.7 Å². The lowest BCUT2D eigenvalue weighted by atomic mass is 9.86. The molecule has 0 bridgehead atoms. The smallest absolute Gasteiger partial charge is 0.251 e. The minimum Gasteiger partial charge on any atom is -0.251 e. The second-order valence-corrected chi connectivity index (χ2v) is 28.6. The van der Waals surface area contributed by atoms with Gasteiger partial charge in [0.15, 0.2) is 5.41 Å². The maximum absolute atomic E-state index is 12.3. The second-order valence-electron chi connectivity index (χ2n) is 28.6. The van der Waals surface area contributed by atoms with E-state index in [0.29, 0.717) is 30.1 Å². The fourth-order valence-corrected chi connectivity index (χ4v) is 4.56. The molecule has 0 aliphatic heterocycles. The van der Waals surface area contributed by atoms with Gasteiger partial charge in [-0.25, -0.2) is 26.3 Å². The number of hydrogen-bond acceptors (Lipinski definition) is 0. The summed E-state index contributed by atoms with van der Waals surface area (Å²) >= 11 is 0. The fourth-order valence-electron chi connectivity index (χ4n) is 4.56. The van der Waals surface area contributed by atoms with Gasteiger partial charge in [0.05, 0.1) is 25.2 Å². The molecule has 590 valence electrons. The van der Waals surface area contributed by atoms with Crippen molar-refractivity contribution in [2.45, 2.75) is 394 Å². The maximum atomic E-state index is 12.3. The van der Waals surface area contributed by atoms with Gasteiger partial charge in [0, 0.05) is 24.2 Å². The highest BCUT2D eigenvalue weighted by Gasteiger charge is 2.66. The average molecular weight is 1420 g/mol. The summed E-state index contributed by atoms with van der Waals surface area (Å²) in [5.74, 6) is -2.90. The summed E-state index contributed by atoms with van der Waals surface area (Å²) in [6, 6.07) is 0. The summed E-state index contributed by atoms with van der Waals surface area (Å²) in [7, 11) is 0. The van der Waals surface area contributed by atoms with Crippen molar-refractivity contribution < 1.29 is 87.8 Å². The van der Waals surface area contributed by atoms with Crippen molar-refractivity contribution in [2.24, 2.45) is 75.4 Å². The Bertz CT molecular complexity index is 1360. The van der Waals surface area contributed by atoms with Crippen LogP contribution in [0, 0.1) is 75.4 Å². The molecule has 0 aromatic heterocycles. The van der Waals surface area contributed by atoms with Crippen molar-refractivity contribution in [1.82, 2.24) is 0 Å². The molecule has 0 radical (unpaired) electrons. The molecule has 0 fully saturated rings. The molecule has 20 heteroatoms. The average Bonchev–Trinajstić information content (AvgIpc) is 0.783. The van der Waals surface area contributed by atoms with Crippen LogP contribution in [0.5, 0.6) is 0 Å². The molecule has 0 aliphatic carbocycles. The summed E-state index contributed by atoms with van der Waals surface area (Å²) < 4.78 is 234. The Balaban J connectivity index is -0.0000000692. The SMILES string of the molecule is CCC(C)(C(F)(F)F)C(F)(F)F.CCC(C)(C)C.CCC(C)C.CCC(C)C.CCC(C)C(F)(F)F.CCC(C)C(F)F.CCC(C)CF.CCC(F)(F)C(C)C.CCCC(C)(C)C.CCCC(C)C.CCCC(C)C(F)(F)F.CCCC(C)C(F)F.CCCC(C)CF. The van der Waals surface area contributed by atoms with Crippen LogP contribution in [0.4, 0.5) is 87.8 Å². The summed E-state index contributed by atoms with van der Waals surface area (Å²) in [5.41, 5.74) is -2.49. The van der Waals surface area contributed by atoms with Crippen molar-refractivity contribution in [2.75, 3.05) is 13.3 Å². The van der Waals surface area contributed by atoms with E-state index < -0.39 is 84.9 Å². The Morgan fingerprint density at radius 1 is 0.298 bits per heavy atom. The number of halogens is 20. The van der Waals surface area contributed by atoms with Gasteiger partial charge in [-0.3, -0.25) is 8.78 Å². The van der Waals surface area contributed by atoms with Crippen LogP contribution in [0.1, 0.15) is 351 Å². The Hall–Kier alpha value is -1.40. The molecular weight excluding hydrogens is 1270 g/mol. The molecule has 0 rings (SSSR count). The molecule has 0 aromatic rings. The largest absolute Gasteiger partial charge is 0.402 e. The number of rotatable bonds is 21. The van der Waals surface area contributed by atoms with Crippen LogP contribution in [-0.2, 0) is 0 Å². The van der Waals surface area contributed by atoms with E-state index >= 15 is 0 Å². The van der Waals surface area contributed by atoms with Crippen molar-refractivity contribution in [3.8, 4) is 0 Å². The Kier molecular flexibility index (Phi) is 93.2. The van der Waals surface area contributed by atoms with E-state index in [9.17, 15) is 87.8 Å². The standard InChI is InChI=1S/C7H16.C6H8F6.C6H11F3.2C6H12F2.C6H13F.2C6H14.C5H9F3.C5H10F2.C5H11F.2C5H12/c1-5-6-7(2,3)4;1-3-4(2,5(7,8)9)6(10,11)12;1-3-4-5(2)6(7,8)9;1-4-6(7,8)5(2)3;1-3-4-5(2)6(7)8;1-3-4-6(2)5-7;1-5-6(2,3)4;1-4-5-6(2)3;1-3-4(2)5(6,7)8;1-3-4(2)5(6)7;1-3-5(2)4-6;2*1-4-5(2)3/h5-6H2,1-4H3;3H2,1-2H3;5H,3-4H2,1-2H3;5H,4H2,1-3H3;5-6H,3-4H2,1-2H3;6H,3-5H2,1-2H3;5H2,1-4H3;6H,4-5H2,1-3H3;4H,3H2,1-2H3;4-5H,3H2,1-2H3;5H,3-4H2,1-2H3;2*5H,4H2,1-3H3. The van der Waals surface area contributed by atoms with Crippen LogP contribution < -0.4 is 0 Å². The van der Waals surface area contributed by atoms with Crippen LogP contribution in [0.25, 0.3) is 0 Å². The summed E-state index contributed by atoms with van der Waals surface area (Å²) in [4.78, 5) is 0. The molecule has 0 N–H and O–H groups in total. The van der Waals surface area contributed by atoms with Gasteiger partial charge in [0.1, 0.15) is 0 Å². The van der Waals surface area contributed by atoms with E-state index in [1.807, 2.05) is 27.7 Å². The first-order valence-corrected chi connectivity index (χ1v) is 35.3.